The zero-order chi connectivity index (χ0) is 13.1. The van der Waals surface area contributed by atoms with Crippen molar-refractivity contribution >= 4 is 22.4 Å². The molecule has 2 aromatic rings. The van der Waals surface area contributed by atoms with E-state index in [1.54, 1.807) is 0 Å². The maximum Gasteiger partial charge on any atom is 0.0592 e. The number of ether oxygens (including phenoxy) is 1. The first-order valence-electron chi connectivity index (χ1n) is 7.08. The molecule has 1 aliphatic rings. The number of hydrogen-bond donors (Lipinski definition) is 0. The molecule has 2 unspecified atom stereocenters. The van der Waals surface area contributed by atoms with Crippen molar-refractivity contribution in [3.8, 4) is 0 Å². The molecule has 2 heteroatoms. The van der Waals surface area contributed by atoms with Gasteiger partial charge in [0.05, 0.1) is 11.5 Å². The SMILES string of the molecule is ClC(CCC1CCCO1)c1cccc2ccccc12. The maximum absolute atomic E-state index is 6.61. The largest absolute Gasteiger partial charge is 0.378 e. The minimum Gasteiger partial charge on any atom is -0.378 e. The predicted octanol–water partition coefficient (Wildman–Crippen LogP) is 5.08. The molecule has 1 saturated heterocycles. The van der Waals surface area contributed by atoms with Gasteiger partial charge >= 0.3 is 0 Å². The molecular formula is C17H19ClO. The Labute approximate surface area is 119 Å². The zero-order valence-electron chi connectivity index (χ0n) is 11.0. The molecule has 2 atom stereocenters. The standard InChI is InChI=1S/C17H19ClO/c18-17(11-10-14-7-4-12-19-14)16-9-3-6-13-5-1-2-8-15(13)16/h1-3,5-6,8-9,14,17H,4,7,10-12H2. The second-order valence-electron chi connectivity index (χ2n) is 5.25. The Morgan fingerprint density at radius 1 is 1.16 bits per heavy atom. The van der Waals surface area contributed by atoms with E-state index in [-0.39, 0.29) is 5.38 Å². The Bertz CT molecular complexity index is 540. The predicted molar refractivity (Wildman–Crippen MR) is 80.8 cm³/mol. The lowest BCUT2D eigenvalue weighted by atomic mass is 9.98. The van der Waals surface area contributed by atoms with Gasteiger partial charge in [0.25, 0.3) is 0 Å². The van der Waals surface area contributed by atoms with Crippen LogP contribution in [0.5, 0.6) is 0 Å². The summed E-state index contributed by atoms with van der Waals surface area (Å²) in [5.74, 6) is 0. The topological polar surface area (TPSA) is 9.23 Å². The summed E-state index contributed by atoms with van der Waals surface area (Å²) in [6.07, 6.45) is 4.87. The average molecular weight is 275 g/mol. The van der Waals surface area contributed by atoms with Crippen molar-refractivity contribution in [3.05, 3.63) is 48.0 Å². The van der Waals surface area contributed by atoms with Gasteiger partial charge in [0, 0.05) is 6.61 Å². The van der Waals surface area contributed by atoms with E-state index in [1.165, 1.54) is 29.2 Å². The van der Waals surface area contributed by atoms with Crippen molar-refractivity contribution in [1.82, 2.24) is 0 Å². The van der Waals surface area contributed by atoms with Crippen LogP contribution in [-0.2, 0) is 4.74 Å². The van der Waals surface area contributed by atoms with Crippen molar-refractivity contribution in [2.45, 2.75) is 37.2 Å². The number of halogens is 1. The Morgan fingerprint density at radius 3 is 2.84 bits per heavy atom. The van der Waals surface area contributed by atoms with Crippen LogP contribution in [0.2, 0.25) is 0 Å². The van der Waals surface area contributed by atoms with Crippen LogP contribution in [0.3, 0.4) is 0 Å². The molecule has 0 bridgehead atoms. The molecule has 0 N–H and O–H groups in total. The van der Waals surface area contributed by atoms with Gasteiger partial charge in [-0.2, -0.15) is 0 Å². The second-order valence-corrected chi connectivity index (χ2v) is 5.78. The van der Waals surface area contributed by atoms with Crippen LogP contribution < -0.4 is 0 Å². The summed E-state index contributed by atoms with van der Waals surface area (Å²) in [5, 5.41) is 2.62. The summed E-state index contributed by atoms with van der Waals surface area (Å²) in [7, 11) is 0. The number of alkyl halides is 1. The lowest BCUT2D eigenvalue weighted by Gasteiger charge is -2.15. The highest BCUT2D eigenvalue weighted by molar-refractivity contribution is 6.21. The molecular weight excluding hydrogens is 256 g/mol. The molecule has 0 radical (unpaired) electrons. The Hall–Kier alpha value is -1.05. The third-order valence-corrected chi connectivity index (χ3v) is 4.38. The van der Waals surface area contributed by atoms with Crippen LogP contribution in [0.1, 0.15) is 36.6 Å². The van der Waals surface area contributed by atoms with Crippen molar-refractivity contribution in [2.24, 2.45) is 0 Å². The van der Waals surface area contributed by atoms with E-state index in [9.17, 15) is 0 Å². The molecule has 1 fully saturated rings. The van der Waals surface area contributed by atoms with Crippen LogP contribution in [0.15, 0.2) is 42.5 Å². The Balaban J connectivity index is 1.75. The molecule has 2 aromatic carbocycles. The van der Waals surface area contributed by atoms with Gasteiger partial charge in [0.15, 0.2) is 0 Å². The minimum atomic E-state index is 0.0790. The van der Waals surface area contributed by atoms with E-state index < -0.39 is 0 Å². The van der Waals surface area contributed by atoms with E-state index in [2.05, 4.69) is 42.5 Å². The van der Waals surface area contributed by atoms with Crippen LogP contribution in [-0.4, -0.2) is 12.7 Å². The fraction of sp³-hybridized carbons (Fsp3) is 0.412. The minimum absolute atomic E-state index is 0.0790. The number of rotatable bonds is 4. The lowest BCUT2D eigenvalue weighted by molar-refractivity contribution is 0.102. The van der Waals surface area contributed by atoms with Crippen LogP contribution >= 0.6 is 11.6 Å². The molecule has 1 nitrogen and oxygen atoms in total. The summed E-state index contributed by atoms with van der Waals surface area (Å²) >= 11 is 6.61. The third-order valence-electron chi connectivity index (χ3n) is 3.93. The Kier molecular flexibility index (Phi) is 4.05. The quantitative estimate of drug-likeness (QED) is 0.707. The van der Waals surface area contributed by atoms with Gasteiger partial charge < -0.3 is 4.74 Å². The first kappa shape index (κ1) is 13.0. The van der Waals surface area contributed by atoms with Gasteiger partial charge in [0.2, 0.25) is 0 Å². The van der Waals surface area contributed by atoms with Crippen molar-refractivity contribution in [2.75, 3.05) is 6.61 Å². The fourth-order valence-electron chi connectivity index (χ4n) is 2.88. The first-order valence-corrected chi connectivity index (χ1v) is 7.51. The van der Waals surface area contributed by atoms with Crippen molar-refractivity contribution in [1.29, 1.82) is 0 Å². The molecule has 100 valence electrons. The van der Waals surface area contributed by atoms with Crippen molar-refractivity contribution in [3.63, 3.8) is 0 Å². The van der Waals surface area contributed by atoms with Gasteiger partial charge in [-0.3, -0.25) is 0 Å². The van der Waals surface area contributed by atoms with Crippen LogP contribution in [0.25, 0.3) is 10.8 Å². The third kappa shape index (κ3) is 2.93. The van der Waals surface area contributed by atoms with Crippen molar-refractivity contribution < 1.29 is 4.74 Å². The van der Waals surface area contributed by atoms with Gasteiger partial charge in [-0.1, -0.05) is 42.5 Å². The molecule has 0 saturated carbocycles. The number of fused-ring (bicyclic) bond motifs is 1. The monoisotopic (exact) mass is 274 g/mol. The molecule has 0 spiro atoms. The first-order chi connectivity index (χ1) is 9.34. The van der Waals surface area contributed by atoms with E-state index in [1.807, 2.05) is 0 Å². The zero-order valence-corrected chi connectivity index (χ0v) is 11.8. The summed E-state index contributed by atoms with van der Waals surface area (Å²) in [4.78, 5) is 0. The average Bonchev–Trinajstić information content (AvgIpc) is 2.97. The molecule has 0 amide bonds. The van der Waals surface area contributed by atoms with E-state index >= 15 is 0 Å². The van der Waals surface area contributed by atoms with E-state index in [0.717, 1.165) is 19.4 Å². The lowest BCUT2D eigenvalue weighted by Crippen LogP contribution is -2.06. The highest BCUT2D eigenvalue weighted by atomic mass is 35.5. The molecule has 3 rings (SSSR count). The van der Waals surface area contributed by atoms with Crippen LogP contribution in [0, 0.1) is 0 Å². The maximum atomic E-state index is 6.61. The highest BCUT2D eigenvalue weighted by Crippen LogP contribution is 2.33. The Morgan fingerprint density at radius 2 is 2.00 bits per heavy atom. The van der Waals surface area contributed by atoms with Gasteiger partial charge in [-0.25, -0.2) is 0 Å². The second kappa shape index (κ2) is 5.94. The highest BCUT2D eigenvalue weighted by Gasteiger charge is 2.18. The van der Waals surface area contributed by atoms with Crippen LogP contribution in [0.4, 0.5) is 0 Å². The molecule has 0 aromatic heterocycles. The molecule has 19 heavy (non-hydrogen) atoms. The normalized spacial score (nSPS) is 20.8. The summed E-state index contributed by atoms with van der Waals surface area (Å²) in [6.45, 7) is 0.923. The molecule has 1 aliphatic heterocycles. The van der Waals surface area contributed by atoms with Gasteiger partial charge in [0.1, 0.15) is 0 Å². The number of hydrogen-bond acceptors (Lipinski definition) is 1. The van der Waals surface area contributed by atoms with E-state index in [0.29, 0.717) is 6.10 Å². The van der Waals surface area contributed by atoms with E-state index in [4.69, 9.17) is 16.3 Å². The summed E-state index contributed by atoms with van der Waals surface area (Å²) in [5.41, 5.74) is 1.25. The number of benzene rings is 2. The molecule has 1 heterocycles. The fourth-order valence-corrected chi connectivity index (χ4v) is 3.20. The smallest absolute Gasteiger partial charge is 0.0592 e. The molecule has 0 aliphatic carbocycles. The summed E-state index contributed by atoms with van der Waals surface area (Å²) in [6, 6.07) is 14.8. The van der Waals surface area contributed by atoms with Gasteiger partial charge in [-0.15, -0.1) is 11.6 Å². The summed E-state index contributed by atoms with van der Waals surface area (Å²) < 4.78 is 5.67. The van der Waals surface area contributed by atoms with Gasteiger partial charge in [-0.05, 0) is 42.0 Å².